The first-order chi connectivity index (χ1) is 17.7. The van der Waals surface area contributed by atoms with Crippen LogP contribution >= 0.6 is 0 Å². The third kappa shape index (κ3) is 8.17. The highest BCUT2D eigenvalue weighted by Gasteiger charge is 2.39. The summed E-state index contributed by atoms with van der Waals surface area (Å²) in [6.07, 6.45) is -5.65. The fourth-order valence-electron chi connectivity index (χ4n) is 3.68. The first kappa shape index (κ1) is 30.6. The predicted octanol–water partition coefficient (Wildman–Crippen LogP) is 1.57. The summed E-state index contributed by atoms with van der Waals surface area (Å²) in [5.74, 6) is -5.50. The molecule has 0 bridgehead atoms. The predicted molar refractivity (Wildman–Crippen MR) is 114 cm³/mol. The molecule has 2 aliphatic rings. The number of H-pyrrole nitrogens is 1. The number of carboxylic acid groups (broad SMARTS) is 2. The summed E-state index contributed by atoms with van der Waals surface area (Å²) < 4.78 is 70.8. The lowest BCUT2D eigenvalue weighted by Gasteiger charge is -2.43. The maximum Gasteiger partial charge on any atom is 0.490 e. The van der Waals surface area contributed by atoms with Crippen LogP contribution in [-0.2, 0) is 27.3 Å². The quantitative estimate of drug-likeness (QED) is 0.475. The van der Waals surface area contributed by atoms with Crippen LogP contribution in [0.1, 0.15) is 27.9 Å². The van der Waals surface area contributed by atoms with Crippen molar-refractivity contribution in [3.05, 3.63) is 35.7 Å². The van der Waals surface area contributed by atoms with Gasteiger partial charge in [0, 0.05) is 58.1 Å². The molecule has 2 aromatic rings. The molecular formula is C20H24F6N6O6. The molecule has 1 amide bonds. The second-order valence-corrected chi connectivity index (χ2v) is 7.89. The van der Waals surface area contributed by atoms with Gasteiger partial charge >= 0.3 is 24.3 Å². The fraction of sp³-hybridized carbons (Fsp3) is 0.550. The molecule has 1 atom stereocenters. The molecule has 3 N–H and O–H groups in total. The molecule has 38 heavy (non-hydrogen) atoms. The lowest BCUT2D eigenvalue weighted by molar-refractivity contribution is -0.193. The van der Waals surface area contributed by atoms with E-state index in [1.807, 2.05) is 11.2 Å². The van der Waals surface area contributed by atoms with E-state index < -0.39 is 24.3 Å². The number of ether oxygens (including phenoxy) is 1. The Bertz CT molecular complexity index is 1060. The lowest BCUT2D eigenvalue weighted by atomic mass is 9.99. The molecule has 0 aromatic carbocycles. The van der Waals surface area contributed by atoms with Gasteiger partial charge in [0.2, 0.25) is 0 Å². The molecule has 1 unspecified atom stereocenters. The lowest BCUT2D eigenvalue weighted by Crippen LogP contribution is -2.52. The first-order valence-corrected chi connectivity index (χ1v) is 10.8. The number of alkyl halides is 6. The topological polar surface area (TPSA) is 154 Å². The van der Waals surface area contributed by atoms with Gasteiger partial charge in [0.15, 0.2) is 0 Å². The Hall–Kier alpha value is -3.67. The van der Waals surface area contributed by atoms with E-state index in [0.717, 1.165) is 38.3 Å². The zero-order valence-electron chi connectivity index (χ0n) is 19.8. The van der Waals surface area contributed by atoms with E-state index in [1.165, 1.54) is 5.69 Å². The van der Waals surface area contributed by atoms with E-state index in [9.17, 15) is 31.1 Å². The normalized spacial score (nSPS) is 17.2. The molecular weight excluding hydrogens is 534 g/mol. The van der Waals surface area contributed by atoms with Crippen molar-refractivity contribution in [2.75, 3.05) is 39.9 Å². The number of hydrogen-bond acceptors (Lipinski definition) is 7. The second-order valence-electron chi connectivity index (χ2n) is 7.89. The summed E-state index contributed by atoms with van der Waals surface area (Å²) in [5.41, 5.74) is 2.94. The number of carbonyl (C=O) groups excluding carboxylic acids is 1. The highest BCUT2D eigenvalue weighted by Crippen LogP contribution is 2.32. The minimum Gasteiger partial charge on any atom is -0.475 e. The van der Waals surface area contributed by atoms with Gasteiger partial charge < -0.3 is 24.4 Å². The molecule has 1 saturated heterocycles. The van der Waals surface area contributed by atoms with E-state index in [4.69, 9.17) is 24.5 Å². The van der Waals surface area contributed by atoms with Gasteiger partial charge in [-0.1, -0.05) is 0 Å². The summed E-state index contributed by atoms with van der Waals surface area (Å²) in [4.78, 5) is 39.4. The zero-order chi connectivity index (χ0) is 28.7. The number of hydrogen-bond donors (Lipinski definition) is 3. The van der Waals surface area contributed by atoms with Crippen LogP contribution in [0.2, 0.25) is 0 Å². The van der Waals surface area contributed by atoms with Crippen LogP contribution in [0.5, 0.6) is 0 Å². The molecule has 12 nitrogen and oxygen atoms in total. The number of aromatic amines is 1. The molecule has 4 rings (SSSR count). The Balaban J connectivity index is 0.000000301. The van der Waals surface area contributed by atoms with Gasteiger partial charge in [-0.2, -0.15) is 31.4 Å². The smallest absolute Gasteiger partial charge is 0.475 e. The maximum absolute atomic E-state index is 12.6. The van der Waals surface area contributed by atoms with Gasteiger partial charge in [-0.05, 0) is 6.07 Å². The highest BCUT2D eigenvalue weighted by atomic mass is 19.4. The average Bonchev–Trinajstić information content (AvgIpc) is 3.52. The second kappa shape index (κ2) is 12.7. The SMILES string of the molecule is COCCn1cnc2c1CCN1CCN(C(=O)c3ccn[nH]3)CC21.O=C(O)C(F)(F)F.O=C(O)C(F)(F)F. The van der Waals surface area contributed by atoms with Crippen molar-refractivity contribution in [3.8, 4) is 0 Å². The number of aliphatic carboxylic acids is 2. The monoisotopic (exact) mass is 558 g/mol. The third-order valence-corrected chi connectivity index (χ3v) is 5.46. The van der Waals surface area contributed by atoms with E-state index >= 15 is 0 Å². The molecule has 18 heteroatoms. The molecule has 0 radical (unpaired) electrons. The minimum absolute atomic E-state index is 0.0121. The summed E-state index contributed by atoms with van der Waals surface area (Å²) in [7, 11) is 1.71. The zero-order valence-corrected chi connectivity index (χ0v) is 19.8. The molecule has 2 aliphatic heterocycles. The van der Waals surface area contributed by atoms with Crippen LogP contribution in [0.3, 0.4) is 0 Å². The first-order valence-electron chi connectivity index (χ1n) is 10.8. The summed E-state index contributed by atoms with van der Waals surface area (Å²) in [5, 5.41) is 20.9. The number of aromatic nitrogens is 4. The molecule has 4 heterocycles. The standard InChI is InChI=1S/C16H22N6O2.2C2HF3O2/c1-24-9-8-22-11-17-15-13(22)3-5-20-6-7-21(10-14(15)20)16(23)12-2-4-18-19-12;2*3-2(4,5)1(6)7/h2,4,11,14H,3,5-10H2,1H3,(H,18,19);2*(H,6,7). The van der Waals surface area contributed by atoms with Gasteiger partial charge in [-0.25, -0.2) is 14.6 Å². The number of amides is 1. The van der Waals surface area contributed by atoms with Crippen molar-refractivity contribution in [2.45, 2.75) is 31.4 Å². The van der Waals surface area contributed by atoms with Gasteiger partial charge in [0.25, 0.3) is 5.91 Å². The minimum atomic E-state index is -5.08. The Kier molecular flexibility index (Phi) is 10.2. The van der Waals surface area contributed by atoms with Crippen molar-refractivity contribution in [2.24, 2.45) is 0 Å². The van der Waals surface area contributed by atoms with Crippen LogP contribution in [0.4, 0.5) is 26.3 Å². The number of nitrogens with one attached hydrogen (secondary N) is 1. The third-order valence-electron chi connectivity index (χ3n) is 5.46. The van der Waals surface area contributed by atoms with E-state index in [-0.39, 0.29) is 11.9 Å². The molecule has 0 aliphatic carbocycles. The Morgan fingerprint density at radius 1 is 1.08 bits per heavy atom. The van der Waals surface area contributed by atoms with Crippen LogP contribution in [0.25, 0.3) is 0 Å². The average molecular weight is 558 g/mol. The van der Waals surface area contributed by atoms with Crippen LogP contribution in [0.15, 0.2) is 18.6 Å². The number of methoxy groups -OCH3 is 1. The van der Waals surface area contributed by atoms with Crippen molar-refractivity contribution in [3.63, 3.8) is 0 Å². The number of halogens is 6. The maximum atomic E-state index is 12.6. The number of carboxylic acids is 2. The summed E-state index contributed by atoms with van der Waals surface area (Å²) in [6.45, 7) is 4.82. The van der Waals surface area contributed by atoms with E-state index in [2.05, 4.69) is 24.6 Å². The van der Waals surface area contributed by atoms with Crippen molar-refractivity contribution < 1.29 is 55.7 Å². The van der Waals surface area contributed by atoms with Crippen LogP contribution in [0, 0.1) is 0 Å². The summed E-state index contributed by atoms with van der Waals surface area (Å²) in [6, 6.07) is 1.90. The van der Waals surface area contributed by atoms with Gasteiger partial charge in [0.1, 0.15) is 5.69 Å². The Labute approximate surface area is 210 Å². The Morgan fingerprint density at radius 3 is 2.18 bits per heavy atom. The molecule has 212 valence electrons. The number of rotatable bonds is 4. The highest BCUT2D eigenvalue weighted by molar-refractivity contribution is 5.92. The molecule has 0 spiro atoms. The fourth-order valence-corrected chi connectivity index (χ4v) is 3.68. The number of fused-ring (bicyclic) bond motifs is 3. The van der Waals surface area contributed by atoms with Gasteiger partial charge in [-0.15, -0.1) is 0 Å². The number of piperazine rings is 1. The Morgan fingerprint density at radius 2 is 1.68 bits per heavy atom. The van der Waals surface area contributed by atoms with E-state index in [1.54, 1.807) is 19.4 Å². The molecule has 2 aromatic heterocycles. The molecule has 0 saturated carbocycles. The van der Waals surface area contributed by atoms with Crippen molar-refractivity contribution in [1.29, 1.82) is 0 Å². The van der Waals surface area contributed by atoms with Crippen molar-refractivity contribution in [1.82, 2.24) is 29.5 Å². The number of carbonyl (C=O) groups is 3. The molecule has 1 fully saturated rings. The van der Waals surface area contributed by atoms with Gasteiger partial charge in [-0.3, -0.25) is 14.8 Å². The number of nitrogens with zero attached hydrogens (tertiary/aromatic N) is 5. The van der Waals surface area contributed by atoms with Crippen molar-refractivity contribution >= 4 is 17.8 Å². The number of imidazole rings is 1. The van der Waals surface area contributed by atoms with E-state index in [0.29, 0.717) is 18.8 Å². The summed E-state index contributed by atoms with van der Waals surface area (Å²) >= 11 is 0. The van der Waals surface area contributed by atoms with Gasteiger partial charge in [0.05, 0.1) is 24.7 Å². The van der Waals surface area contributed by atoms with Crippen LogP contribution < -0.4 is 0 Å². The van der Waals surface area contributed by atoms with Crippen LogP contribution in [-0.4, -0.2) is 110 Å². The largest absolute Gasteiger partial charge is 0.490 e.